The summed E-state index contributed by atoms with van der Waals surface area (Å²) < 4.78 is 5.24. The van der Waals surface area contributed by atoms with Gasteiger partial charge in [0, 0.05) is 17.7 Å². The fourth-order valence-corrected chi connectivity index (χ4v) is 2.64. The van der Waals surface area contributed by atoms with E-state index in [-0.39, 0.29) is 12.0 Å². The number of anilines is 1. The Morgan fingerprint density at radius 1 is 1.08 bits per heavy atom. The summed E-state index contributed by atoms with van der Waals surface area (Å²) in [5.41, 5.74) is 2.96. The predicted molar refractivity (Wildman–Crippen MR) is 92.9 cm³/mol. The predicted octanol–water partition coefficient (Wildman–Crippen LogP) is 3.80. The summed E-state index contributed by atoms with van der Waals surface area (Å²) in [6.45, 7) is 0. The molecule has 1 aromatic heterocycles. The monoisotopic (exact) mass is 333 g/mol. The Morgan fingerprint density at radius 2 is 1.88 bits per heavy atom. The fourth-order valence-electron chi connectivity index (χ4n) is 2.64. The molecule has 0 fully saturated rings. The summed E-state index contributed by atoms with van der Waals surface area (Å²) in [5.74, 6) is 0.419. The van der Waals surface area contributed by atoms with E-state index in [4.69, 9.17) is 9.25 Å². The van der Waals surface area contributed by atoms with Gasteiger partial charge in [0.1, 0.15) is 5.71 Å². The molecule has 0 radical (unpaired) electrons. The van der Waals surface area contributed by atoms with Crippen molar-refractivity contribution in [3.63, 3.8) is 0 Å². The number of nitrogens with zero attached hydrogens (tertiary/aromatic N) is 2. The van der Waals surface area contributed by atoms with Crippen LogP contribution in [0, 0.1) is 0 Å². The number of carbonyl (C=O) groups is 1. The van der Waals surface area contributed by atoms with Gasteiger partial charge in [-0.3, -0.25) is 4.79 Å². The van der Waals surface area contributed by atoms with Crippen molar-refractivity contribution in [2.24, 2.45) is 5.16 Å². The lowest BCUT2D eigenvalue weighted by atomic mass is 10.0. The maximum atomic E-state index is 12.4. The van der Waals surface area contributed by atoms with Crippen LogP contribution in [0.3, 0.4) is 0 Å². The molecule has 2 aromatic carbocycles. The third-order valence-corrected chi connectivity index (χ3v) is 3.96. The Morgan fingerprint density at radius 3 is 2.60 bits per heavy atom. The molecule has 6 nitrogen and oxygen atoms in total. The van der Waals surface area contributed by atoms with Crippen molar-refractivity contribution >= 4 is 17.3 Å². The van der Waals surface area contributed by atoms with Crippen LogP contribution in [0.1, 0.15) is 18.1 Å². The molecule has 3 aromatic rings. The van der Waals surface area contributed by atoms with Crippen molar-refractivity contribution in [1.29, 1.82) is 0 Å². The molecule has 25 heavy (non-hydrogen) atoms. The summed E-state index contributed by atoms with van der Waals surface area (Å²) in [6.07, 6.45) is 3.26. The van der Waals surface area contributed by atoms with Gasteiger partial charge in [-0.05, 0) is 29.8 Å². The second-order valence-corrected chi connectivity index (χ2v) is 5.64. The molecule has 1 amide bonds. The standard InChI is InChI=1S/C19H15N3O3/c23-19(16-10-17(25-22-16)13-4-2-1-3-5-13)21-15-8-6-14(7-9-15)18-11-20-12-24-18/h1-9,11-12,17H,10H2,(H,21,23). The number of carbonyl (C=O) groups excluding carboxylic acids is 1. The van der Waals surface area contributed by atoms with E-state index < -0.39 is 0 Å². The van der Waals surface area contributed by atoms with E-state index in [2.05, 4.69) is 15.5 Å². The lowest BCUT2D eigenvalue weighted by Crippen LogP contribution is -2.21. The van der Waals surface area contributed by atoms with Gasteiger partial charge in [0.15, 0.2) is 18.3 Å². The van der Waals surface area contributed by atoms with E-state index >= 15 is 0 Å². The normalized spacial score (nSPS) is 16.2. The van der Waals surface area contributed by atoms with Gasteiger partial charge in [-0.2, -0.15) is 0 Å². The number of hydrogen-bond acceptors (Lipinski definition) is 5. The van der Waals surface area contributed by atoms with Gasteiger partial charge in [0.2, 0.25) is 0 Å². The van der Waals surface area contributed by atoms with E-state index in [0.29, 0.717) is 23.6 Å². The van der Waals surface area contributed by atoms with E-state index in [1.165, 1.54) is 6.39 Å². The molecule has 0 bridgehead atoms. The van der Waals surface area contributed by atoms with Gasteiger partial charge in [-0.15, -0.1) is 0 Å². The smallest absolute Gasteiger partial charge is 0.273 e. The van der Waals surface area contributed by atoms with Crippen molar-refractivity contribution in [1.82, 2.24) is 4.98 Å². The Bertz CT molecular complexity index is 887. The Kier molecular flexibility index (Phi) is 4.00. The fraction of sp³-hybridized carbons (Fsp3) is 0.105. The average molecular weight is 333 g/mol. The Balaban J connectivity index is 1.39. The first kappa shape index (κ1) is 15.1. The van der Waals surface area contributed by atoms with Crippen LogP contribution in [0.15, 0.2) is 76.8 Å². The molecule has 0 spiro atoms. The highest BCUT2D eigenvalue weighted by atomic mass is 16.6. The van der Waals surface area contributed by atoms with Gasteiger partial charge in [0.05, 0.1) is 6.20 Å². The number of benzene rings is 2. The van der Waals surface area contributed by atoms with Crippen LogP contribution in [0.5, 0.6) is 0 Å². The van der Waals surface area contributed by atoms with Crippen LogP contribution in [0.25, 0.3) is 11.3 Å². The average Bonchev–Trinajstić information content (AvgIpc) is 3.35. The first-order chi connectivity index (χ1) is 12.3. The molecule has 1 aliphatic rings. The van der Waals surface area contributed by atoms with Crippen molar-refractivity contribution < 1.29 is 14.0 Å². The van der Waals surface area contributed by atoms with Crippen LogP contribution in [0.4, 0.5) is 5.69 Å². The zero-order valence-corrected chi connectivity index (χ0v) is 13.3. The highest BCUT2D eigenvalue weighted by Crippen LogP contribution is 2.27. The molecule has 1 N–H and O–H groups in total. The minimum atomic E-state index is -0.258. The quantitative estimate of drug-likeness (QED) is 0.788. The molecule has 1 aliphatic heterocycles. The minimum Gasteiger partial charge on any atom is -0.444 e. The molecule has 124 valence electrons. The van der Waals surface area contributed by atoms with Crippen molar-refractivity contribution in [3.8, 4) is 11.3 Å². The van der Waals surface area contributed by atoms with Gasteiger partial charge >= 0.3 is 0 Å². The number of oxime groups is 1. The molecule has 1 atom stereocenters. The Hall–Kier alpha value is -3.41. The molecule has 0 aliphatic carbocycles. The van der Waals surface area contributed by atoms with Crippen molar-refractivity contribution in [2.45, 2.75) is 12.5 Å². The van der Waals surface area contributed by atoms with Gasteiger partial charge in [-0.1, -0.05) is 35.5 Å². The molecule has 0 saturated heterocycles. The summed E-state index contributed by atoms with van der Waals surface area (Å²) in [6, 6.07) is 17.1. The van der Waals surface area contributed by atoms with Gasteiger partial charge in [-0.25, -0.2) is 4.98 Å². The number of amides is 1. The van der Waals surface area contributed by atoms with Gasteiger partial charge in [0.25, 0.3) is 5.91 Å². The maximum Gasteiger partial charge on any atom is 0.273 e. The third kappa shape index (κ3) is 3.28. The summed E-state index contributed by atoms with van der Waals surface area (Å²) in [4.78, 5) is 21.6. The molecule has 1 unspecified atom stereocenters. The summed E-state index contributed by atoms with van der Waals surface area (Å²) >= 11 is 0. The van der Waals surface area contributed by atoms with Crippen LogP contribution in [-0.4, -0.2) is 16.6 Å². The molecule has 0 saturated carbocycles. The summed E-state index contributed by atoms with van der Waals surface area (Å²) in [7, 11) is 0. The molecular weight excluding hydrogens is 318 g/mol. The lowest BCUT2D eigenvalue weighted by Gasteiger charge is -2.07. The highest BCUT2D eigenvalue weighted by Gasteiger charge is 2.27. The molecule has 2 heterocycles. The SMILES string of the molecule is O=C(Nc1ccc(-c2cnco2)cc1)C1=NOC(c2ccccc2)C1. The molecular formula is C19H15N3O3. The van der Waals surface area contributed by atoms with E-state index in [9.17, 15) is 4.79 Å². The number of nitrogens with one attached hydrogen (secondary N) is 1. The van der Waals surface area contributed by atoms with E-state index in [1.54, 1.807) is 18.3 Å². The maximum absolute atomic E-state index is 12.4. The van der Waals surface area contributed by atoms with Crippen LogP contribution >= 0.6 is 0 Å². The number of aromatic nitrogens is 1. The molecule has 4 rings (SSSR count). The lowest BCUT2D eigenvalue weighted by molar-refractivity contribution is -0.110. The van der Waals surface area contributed by atoms with Crippen LogP contribution < -0.4 is 5.32 Å². The zero-order valence-electron chi connectivity index (χ0n) is 13.3. The highest BCUT2D eigenvalue weighted by molar-refractivity contribution is 6.43. The molecule has 6 heteroatoms. The van der Waals surface area contributed by atoms with Crippen molar-refractivity contribution in [3.05, 3.63) is 72.8 Å². The van der Waals surface area contributed by atoms with E-state index in [1.807, 2.05) is 42.5 Å². The number of hydrogen-bond donors (Lipinski definition) is 1. The largest absolute Gasteiger partial charge is 0.444 e. The van der Waals surface area contributed by atoms with Crippen LogP contribution in [0.2, 0.25) is 0 Å². The third-order valence-electron chi connectivity index (χ3n) is 3.96. The minimum absolute atomic E-state index is 0.212. The van der Waals surface area contributed by atoms with Crippen molar-refractivity contribution in [2.75, 3.05) is 5.32 Å². The first-order valence-corrected chi connectivity index (χ1v) is 7.87. The first-order valence-electron chi connectivity index (χ1n) is 7.87. The van der Waals surface area contributed by atoms with Crippen LogP contribution in [-0.2, 0) is 9.63 Å². The second-order valence-electron chi connectivity index (χ2n) is 5.64. The number of oxazole rings is 1. The van der Waals surface area contributed by atoms with Gasteiger partial charge < -0.3 is 14.6 Å². The number of rotatable bonds is 4. The topological polar surface area (TPSA) is 76.7 Å². The second kappa shape index (κ2) is 6.60. The van der Waals surface area contributed by atoms with E-state index in [0.717, 1.165) is 11.1 Å². The summed E-state index contributed by atoms with van der Waals surface area (Å²) in [5, 5.41) is 6.76. The zero-order chi connectivity index (χ0) is 17.1. The Labute approximate surface area is 144 Å².